The Bertz CT molecular complexity index is 1530. The van der Waals surface area contributed by atoms with Gasteiger partial charge < -0.3 is 35.4 Å². The highest BCUT2D eigenvalue weighted by Gasteiger charge is 2.38. The molecule has 54 heavy (non-hydrogen) atoms. The molecule has 2 aromatic rings. The number of thiazole rings is 1. The first kappa shape index (κ1) is 44.8. The van der Waals surface area contributed by atoms with E-state index in [2.05, 4.69) is 36.7 Å². The van der Waals surface area contributed by atoms with Crippen LogP contribution in [-0.4, -0.2) is 90.2 Å². The van der Waals surface area contributed by atoms with Gasteiger partial charge in [0.05, 0.1) is 19.1 Å². The van der Waals surface area contributed by atoms with E-state index in [1.165, 1.54) is 18.4 Å². The van der Waals surface area contributed by atoms with Crippen molar-refractivity contribution >= 4 is 35.0 Å². The fourth-order valence-corrected chi connectivity index (χ4v) is 8.16. The van der Waals surface area contributed by atoms with E-state index >= 15 is 0 Å². The van der Waals surface area contributed by atoms with Crippen LogP contribution in [0.1, 0.15) is 133 Å². The molecule has 8 atom stereocenters. The van der Waals surface area contributed by atoms with Crippen LogP contribution in [0.4, 0.5) is 0 Å². The van der Waals surface area contributed by atoms with Gasteiger partial charge in [-0.25, -0.2) is 4.98 Å². The van der Waals surface area contributed by atoms with E-state index in [0.717, 1.165) is 31.2 Å². The summed E-state index contributed by atoms with van der Waals surface area (Å²) in [5.41, 5.74) is 1.83. The van der Waals surface area contributed by atoms with E-state index in [0.29, 0.717) is 43.0 Å². The van der Waals surface area contributed by atoms with Crippen molar-refractivity contribution in [2.75, 3.05) is 27.3 Å². The number of rotatable bonds is 21. The highest BCUT2D eigenvalue weighted by Crippen LogP contribution is 2.36. The summed E-state index contributed by atoms with van der Waals surface area (Å²) in [4.78, 5) is 61.2. The number of nitrogens with zero attached hydrogens (tertiary/aromatic N) is 2. The summed E-state index contributed by atoms with van der Waals surface area (Å²) in [6, 6.07) is 3.28. The summed E-state index contributed by atoms with van der Waals surface area (Å²) in [7, 11) is 3.11. The van der Waals surface area contributed by atoms with Crippen LogP contribution in [0, 0.1) is 17.8 Å². The minimum atomic E-state index is -0.684. The van der Waals surface area contributed by atoms with Gasteiger partial charge in [-0.15, -0.1) is 11.3 Å². The van der Waals surface area contributed by atoms with Crippen LogP contribution in [-0.2, 0) is 30.3 Å². The standard InChI is InChI=1S/C41H65N5O7S/c1-11-17-46(40(50)36(26(8)14-4)45-38(49)35(42-9)25(7)13-3)33(24(5)6)22-34(53-18-12-2)39-44-32(23-54-39)37(48)43-28-19-27-15-16-29(47)21-30(27)31(20-28)41(51)52-10/h15-16,21,23-26,28,31,33-36,42,47H,11-14,17-20,22H2,1-10H3,(H,43,48)(H,45,49)/t25-,26-,28-,31+,33?,34+,35-,36-/m0/s1. The lowest BCUT2D eigenvalue weighted by molar-refractivity contribution is -0.143. The molecule has 1 unspecified atom stereocenters. The number of aromatic nitrogens is 1. The van der Waals surface area contributed by atoms with Crippen molar-refractivity contribution in [3.63, 3.8) is 0 Å². The number of methoxy groups -OCH3 is 1. The Labute approximate surface area is 326 Å². The maximum atomic E-state index is 14.6. The lowest BCUT2D eigenvalue weighted by atomic mass is 9.80. The van der Waals surface area contributed by atoms with Crippen molar-refractivity contribution in [1.29, 1.82) is 0 Å². The second-order valence-electron chi connectivity index (χ2n) is 15.1. The second kappa shape index (κ2) is 21.5. The van der Waals surface area contributed by atoms with Crippen LogP contribution in [0.5, 0.6) is 5.75 Å². The predicted octanol–water partition coefficient (Wildman–Crippen LogP) is 6.14. The molecule has 1 aromatic carbocycles. The number of amides is 3. The molecule has 0 radical (unpaired) electrons. The summed E-state index contributed by atoms with van der Waals surface area (Å²) in [6.07, 6.45) is 3.91. The molecule has 3 rings (SSSR count). The minimum Gasteiger partial charge on any atom is -0.508 e. The van der Waals surface area contributed by atoms with Crippen molar-refractivity contribution in [2.45, 2.75) is 137 Å². The molecule has 3 amide bonds. The van der Waals surface area contributed by atoms with Crippen molar-refractivity contribution in [2.24, 2.45) is 17.8 Å². The summed E-state index contributed by atoms with van der Waals surface area (Å²) in [5, 5.41) is 21.8. The number of ether oxygens (including phenoxy) is 2. The third-order valence-electron chi connectivity index (χ3n) is 10.8. The van der Waals surface area contributed by atoms with Gasteiger partial charge in [0.25, 0.3) is 5.91 Å². The van der Waals surface area contributed by atoms with Crippen LogP contribution in [0.25, 0.3) is 0 Å². The third kappa shape index (κ3) is 11.5. The number of nitrogens with one attached hydrogen (secondary N) is 3. The molecule has 12 nitrogen and oxygen atoms in total. The Morgan fingerprint density at radius 1 is 1.02 bits per heavy atom. The quantitative estimate of drug-likeness (QED) is 0.110. The summed E-state index contributed by atoms with van der Waals surface area (Å²) < 4.78 is 11.5. The number of fused-ring (bicyclic) bond motifs is 1. The molecule has 0 spiro atoms. The molecule has 1 aliphatic carbocycles. The topological polar surface area (TPSA) is 159 Å². The van der Waals surface area contributed by atoms with E-state index in [4.69, 9.17) is 14.5 Å². The highest BCUT2D eigenvalue weighted by atomic mass is 32.1. The fraction of sp³-hybridized carbons (Fsp3) is 0.683. The number of hydrogen-bond donors (Lipinski definition) is 4. The van der Waals surface area contributed by atoms with Gasteiger partial charge in [0.2, 0.25) is 11.8 Å². The molecule has 0 bridgehead atoms. The van der Waals surface area contributed by atoms with Crippen LogP contribution in [0.15, 0.2) is 23.6 Å². The van der Waals surface area contributed by atoms with Crippen molar-refractivity contribution in [3.8, 4) is 5.75 Å². The Balaban J connectivity index is 1.87. The third-order valence-corrected chi connectivity index (χ3v) is 11.8. The number of phenols is 1. The average molecular weight is 772 g/mol. The molecule has 1 aromatic heterocycles. The molecule has 0 saturated carbocycles. The van der Waals surface area contributed by atoms with Crippen LogP contribution in [0.2, 0.25) is 0 Å². The molecule has 0 aliphatic heterocycles. The SMILES string of the molecule is CCCO[C@H](CC(C(C)C)N(CCC)C(=O)[C@@H](NC(=O)[C@@H](NC)[C@@H](C)CC)[C@@H](C)CC)c1nc(C(=O)N[C@H]2Cc3ccc(O)cc3[C@H](C(=O)OC)C2)cs1. The van der Waals surface area contributed by atoms with Gasteiger partial charge in [-0.1, -0.05) is 74.3 Å². The summed E-state index contributed by atoms with van der Waals surface area (Å²) in [5.74, 6) is -1.50. The average Bonchev–Trinajstić information content (AvgIpc) is 3.66. The van der Waals surface area contributed by atoms with Crippen LogP contribution in [0.3, 0.4) is 0 Å². The van der Waals surface area contributed by atoms with E-state index in [1.54, 1.807) is 30.6 Å². The fourth-order valence-electron chi connectivity index (χ4n) is 7.30. The first-order valence-electron chi connectivity index (χ1n) is 19.8. The van der Waals surface area contributed by atoms with Gasteiger partial charge >= 0.3 is 5.97 Å². The van der Waals surface area contributed by atoms with Gasteiger partial charge in [-0.2, -0.15) is 0 Å². The van der Waals surface area contributed by atoms with Gasteiger partial charge in [0.15, 0.2) is 0 Å². The largest absolute Gasteiger partial charge is 0.508 e. The van der Waals surface area contributed by atoms with Crippen molar-refractivity contribution in [1.82, 2.24) is 25.8 Å². The molecule has 4 N–H and O–H groups in total. The maximum Gasteiger partial charge on any atom is 0.313 e. The number of likely N-dealkylation sites (N-methyl/N-ethyl adjacent to an activating group) is 1. The van der Waals surface area contributed by atoms with Gasteiger partial charge in [0.1, 0.15) is 28.6 Å². The molecule has 0 fully saturated rings. The summed E-state index contributed by atoms with van der Waals surface area (Å²) >= 11 is 1.35. The van der Waals surface area contributed by atoms with E-state index in [1.807, 2.05) is 39.5 Å². The molecule has 0 saturated heterocycles. The zero-order chi connectivity index (χ0) is 40.1. The molecule has 1 heterocycles. The Morgan fingerprint density at radius 3 is 2.30 bits per heavy atom. The van der Waals surface area contributed by atoms with Crippen LogP contribution >= 0.6 is 11.3 Å². The van der Waals surface area contributed by atoms with E-state index in [-0.39, 0.29) is 59.0 Å². The van der Waals surface area contributed by atoms with E-state index < -0.39 is 30.1 Å². The monoisotopic (exact) mass is 771 g/mol. The number of hydrogen-bond acceptors (Lipinski definition) is 10. The Hall–Kier alpha value is -3.55. The zero-order valence-corrected chi connectivity index (χ0v) is 34.9. The van der Waals surface area contributed by atoms with E-state index in [9.17, 15) is 24.3 Å². The molecule has 1 aliphatic rings. The Morgan fingerprint density at radius 2 is 1.70 bits per heavy atom. The lowest BCUT2D eigenvalue weighted by Crippen LogP contribution is -2.59. The number of carbonyl (C=O) groups excluding carboxylic acids is 4. The van der Waals surface area contributed by atoms with Gasteiger partial charge in [-0.3, -0.25) is 19.2 Å². The van der Waals surface area contributed by atoms with Gasteiger partial charge in [-0.05, 0) is 73.7 Å². The molecule has 302 valence electrons. The number of benzene rings is 1. The molecule has 13 heteroatoms. The lowest BCUT2D eigenvalue weighted by Gasteiger charge is -2.39. The number of aromatic hydroxyl groups is 1. The first-order chi connectivity index (χ1) is 25.7. The zero-order valence-electron chi connectivity index (χ0n) is 34.1. The minimum absolute atomic E-state index is 0.0632. The van der Waals surface area contributed by atoms with Crippen molar-refractivity contribution in [3.05, 3.63) is 45.4 Å². The highest BCUT2D eigenvalue weighted by molar-refractivity contribution is 7.09. The smallest absolute Gasteiger partial charge is 0.313 e. The van der Waals surface area contributed by atoms with Crippen molar-refractivity contribution < 1.29 is 33.8 Å². The maximum absolute atomic E-state index is 14.6. The number of carbonyl (C=O) groups is 4. The second-order valence-corrected chi connectivity index (χ2v) is 16.0. The summed E-state index contributed by atoms with van der Waals surface area (Å²) in [6.45, 7) is 17.4. The normalized spacial score (nSPS) is 18.8. The number of esters is 1. The number of phenolic OH excluding ortho intramolecular Hbond substituents is 1. The van der Waals surface area contributed by atoms with Gasteiger partial charge in [0, 0.05) is 37.0 Å². The van der Waals surface area contributed by atoms with Crippen LogP contribution < -0.4 is 16.0 Å². The predicted molar refractivity (Wildman–Crippen MR) is 212 cm³/mol. The molecular weight excluding hydrogens is 707 g/mol. The molecular formula is C41H65N5O7S. The first-order valence-corrected chi connectivity index (χ1v) is 20.7. The Kier molecular flexibility index (Phi) is 17.9.